The Morgan fingerprint density at radius 2 is 1.43 bits per heavy atom. The van der Waals surface area contributed by atoms with E-state index in [1.807, 2.05) is 0 Å². The highest BCUT2D eigenvalue weighted by molar-refractivity contribution is 6.12. The molecule has 0 aliphatic carbocycles. The van der Waals surface area contributed by atoms with Gasteiger partial charge in [0.25, 0.3) is 0 Å². The molecule has 0 N–H and O–H groups in total. The third-order valence-corrected chi connectivity index (χ3v) is 4.51. The molecule has 0 aliphatic rings. The van der Waals surface area contributed by atoms with Gasteiger partial charge in [0.1, 0.15) is 0 Å². The van der Waals surface area contributed by atoms with Crippen LogP contribution < -0.4 is 0 Å². The van der Waals surface area contributed by atoms with Gasteiger partial charge in [0.15, 0.2) is 0 Å². The molecule has 3 aromatic carbocycles. The van der Waals surface area contributed by atoms with Crippen molar-refractivity contribution >= 4 is 21.7 Å². The van der Waals surface area contributed by atoms with Gasteiger partial charge in [-0.25, -0.2) is 4.98 Å². The molecule has 1 aromatic heterocycles. The minimum atomic E-state index is 1.07. The molecule has 1 heterocycles. The molecule has 0 bridgehead atoms. The second-order valence-corrected chi connectivity index (χ2v) is 6.34. The SMILES string of the molecule is Cc1ccc(-c2nc3cc(C)ccc3c3cccc(C)c23)cc1. The molecule has 0 saturated heterocycles. The van der Waals surface area contributed by atoms with Gasteiger partial charge in [-0.05, 0) is 43.4 Å². The predicted molar refractivity (Wildman–Crippen MR) is 98.9 cm³/mol. The van der Waals surface area contributed by atoms with Crippen molar-refractivity contribution in [2.24, 2.45) is 0 Å². The van der Waals surface area contributed by atoms with Gasteiger partial charge in [-0.2, -0.15) is 0 Å². The smallest absolute Gasteiger partial charge is 0.0790 e. The third kappa shape index (κ3) is 2.29. The maximum Gasteiger partial charge on any atom is 0.0790 e. The summed E-state index contributed by atoms with van der Waals surface area (Å²) in [6, 6.07) is 21.7. The summed E-state index contributed by atoms with van der Waals surface area (Å²) >= 11 is 0. The van der Waals surface area contributed by atoms with Crippen LogP contribution in [0, 0.1) is 20.8 Å². The second kappa shape index (κ2) is 5.20. The normalized spacial score (nSPS) is 11.3. The van der Waals surface area contributed by atoms with Gasteiger partial charge in [0, 0.05) is 16.3 Å². The van der Waals surface area contributed by atoms with Gasteiger partial charge in [-0.1, -0.05) is 60.2 Å². The van der Waals surface area contributed by atoms with E-state index in [0.29, 0.717) is 0 Å². The zero-order valence-electron chi connectivity index (χ0n) is 13.7. The minimum absolute atomic E-state index is 1.07. The number of hydrogen-bond donors (Lipinski definition) is 0. The summed E-state index contributed by atoms with van der Waals surface area (Å²) < 4.78 is 0. The standard InChI is InChI=1S/C22H19N/c1-14-7-10-17(11-8-14)22-21-16(3)5-4-6-19(21)18-12-9-15(2)13-20(18)23-22/h4-13H,1-3H3. The van der Waals surface area contributed by atoms with E-state index < -0.39 is 0 Å². The van der Waals surface area contributed by atoms with E-state index in [9.17, 15) is 0 Å². The number of hydrogen-bond acceptors (Lipinski definition) is 1. The molecule has 4 aromatic rings. The molecule has 0 unspecified atom stereocenters. The summed E-state index contributed by atoms with van der Waals surface area (Å²) in [6.45, 7) is 6.40. The summed E-state index contributed by atoms with van der Waals surface area (Å²) in [5.41, 5.74) is 7.11. The number of pyridine rings is 1. The van der Waals surface area contributed by atoms with Gasteiger partial charge in [-0.3, -0.25) is 0 Å². The van der Waals surface area contributed by atoms with Crippen LogP contribution in [0.25, 0.3) is 32.9 Å². The Kier molecular flexibility index (Phi) is 3.16. The first-order valence-corrected chi connectivity index (χ1v) is 8.00. The summed E-state index contributed by atoms with van der Waals surface area (Å²) in [7, 11) is 0. The van der Waals surface area contributed by atoms with Crippen LogP contribution in [0.4, 0.5) is 0 Å². The van der Waals surface area contributed by atoms with Gasteiger partial charge >= 0.3 is 0 Å². The first-order valence-electron chi connectivity index (χ1n) is 8.00. The Morgan fingerprint density at radius 1 is 0.696 bits per heavy atom. The van der Waals surface area contributed by atoms with E-state index >= 15 is 0 Å². The summed E-state index contributed by atoms with van der Waals surface area (Å²) in [4.78, 5) is 5.02. The molecule has 1 heteroatoms. The number of aromatic nitrogens is 1. The first-order chi connectivity index (χ1) is 11.1. The zero-order valence-corrected chi connectivity index (χ0v) is 13.7. The lowest BCUT2D eigenvalue weighted by Gasteiger charge is -2.13. The van der Waals surface area contributed by atoms with Crippen molar-refractivity contribution in [2.75, 3.05) is 0 Å². The van der Waals surface area contributed by atoms with Crippen molar-refractivity contribution in [2.45, 2.75) is 20.8 Å². The Morgan fingerprint density at radius 3 is 2.22 bits per heavy atom. The molecular formula is C22H19N. The number of nitrogens with zero attached hydrogens (tertiary/aromatic N) is 1. The maximum atomic E-state index is 5.02. The second-order valence-electron chi connectivity index (χ2n) is 6.34. The van der Waals surface area contributed by atoms with Crippen LogP contribution >= 0.6 is 0 Å². The molecule has 0 amide bonds. The fourth-order valence-electron chi connectivity index (χ4n) is 3.27. The number of rotatable bonds is 1. The highest BCUT2D eigenvalue weighted by Crippen LogP contribution is 2.34. The molecule has 0 saturated carbocycles. The fourth-order valence-corrected chi connectivity index (χ4v) is 3.27. The fraction of sp³-hybridized carbons (Fsp3) is 0.136. The predicted octanol–water partition coefficient (Wildman–Crippen LogP) is 5.98. The lowest BCUT2D eigenvalue weighted by molar-refractivity contribution is 1.38. The van der Waals surface area contributed by atoms with Crippen molar-refractivity contribution in [3.05, 3.63) is 77.4 Å². The number of fused-ring (bicyclic) bond motifs is 3. The van der Waals surface area contributed by atoms with Crippen molar-refractivity contribution in [1.82, 2.24) is 4.98 Å². The molecule has 1 nitrogen and oxygen atoms in total. The van der Waals surface area contributed by atoms with Crippen molar-refractivity contribution < 1.29 is 0 Å². The Bertz CT molecular complexity index is 1030. The van der Waals surface area contributed by atoms with Gasteiger partial charge in [0.05, 0.1) is 11.2 Å². The van der Waals surface area contributed by atoms with Crippen molar-refractivity contribution in [1.29, 1.82) is 0 Å². The molecule has 0 fully saturated rings. The molecule has 0 spiro atoms. The average Bonchev–Trinajstić information content (AvgIpc) is 2.54. The Hall–Kier alpha value is -2.67. The molecule has 23 heavy (non-hydrogen) atoms. The average molecular weight is 297 g/mol. The van der Waals surface area contributed by atoms with E-state index in [1.54, 1.807) is 0 Å². The van der Waals surface area contributed by atoms with E-state index in [2.05, 4.69) is 81.4 Å². The quantitative estimate of drug-likeness (QED) is 0.394. The van der Waals surface area contributed by atoms with Crippen LogP contribution in [0.2, 0.25) is 0 Å². The summed E-state index contributed by atoms with van der Waals surface area (Å²) in [5, 5.41) is 3.77. The van der Waals surface area contributed by atoms with Crippen LogP contribution in [0.1, 0.15) is 16.7 Å². The van der Waals surface area contributed by atoms with Crippen molar-refractivity contribution in [3.8, 4) is 11.3 Å². The topological polar surface area (TPSA) is 12.9 Å². The summed E-state index contributed by atoms with van der Waals surface area (Å²) in [5.74, 6) is 0. The van der Waals surface area contributed by atoms with Crippen LogP contribution in [0.3, 0.4) is 0 Å². The number of aryl methyl sites for hydroxylation is 3. The molecular weight excluding hydrogens is 278 g/mol. The molecule has 112 valence electrons. The van der Waals surface area contributed by atoms with Gasteiger partial charge < -0.3 is 0 Å². The van der Waals surface area contributed by atoms with E-state index in [4.69, 9.17) is 4.98 Å². The lowest BCUT2D eigenvalue weighted by atomic mass is 9.96. The minimum Gasteiger partial charge on any atom is -0.247 e. The summed E-state index contributed by atoms with van der Waals surface area (Å²) in [6.07, 6.45) is 0. The Balaban J connectivity index is 2.18. The molecule has 4 rings (SSSR count). The van der Waals surface area contributed by atoms with Crippen LogP contribution in [-0.4, -0.2) is 4.98 Å². The maximum absolute atomic E-state index is 5.02. The van der Waals surface area contributed by atoms with Gasteiger partial charge in [-0.15, -0.1) is 0 Å². The van der Waals surface area contributed by atoms with E-state index in [1.165, 1.54) is 38.4 Å². The highest BCUT2D eigenvalue weighted by atomic mass is 14.7. The molecule has 0 atom stereocenters. The van der Waals surface area contributed by atoms with Crippen molar-refractivity contribution in [3.63, 3.8) is 0 Å². The first kappa shape index (κ1) is 14.0. The van der Waals surface area contributed by atoms with Crippen LogP contribution in [-0.2, 0) is 0 Å². The van der Waals surface area contributed by atoms with Crippen LogP contribution in [0.5, 0.6) is 0 Å². The molecule has 0 aliphatic heterocycles. The Labute approximate surface area is 136 Å². The zero-order chi connectivity index (χ0) is 16.0. The van der Waals surface area contributed by atoms with E-state index in [-0.39, 0.29) is 0 Å². The van der Waals surface area contributed by atoms with Crippen LogP contribution in [0.15, 0.2) is 60.7 Å². The largest absolute Gasteiger partial charge is 0.247 e. The highest BCUT2D eigenvalue weighted by Gasteiger charge is 2.12. The molecule has 0 radical (unpaired) electrons. The lowest BCUT2D eigenvalue weighted by Crippen LogP contribution is -1.92. The number of benzene rings is 3. The van der Waals surface area contributed by atoms with E-state index in [0.717, 1.165) is 11.2 Å². The monoisotopic (exact) mass is 297 g/mol. The van der Waals surface area contributed by atoms with Gasteiger partial charge in [0.2, 0.25) is 0 Å². The third-order valence-electron chi connectivity index (χ3n) is 4.51.